The summed E-state index contributed by atoms with van der Waals surface area (Å²) in [7, 11) is 0. The van der Waals surface area contributed by atoms with Crippen LogP contribution in [0.3, 0.4) is 0 Å². The molecular weight excluding hydrogens is 402 g/mol. The maximum Gasteiger partial charge on any atom is 0.259 e. The molecule has 1 aliphatic heterocycles. The van der Waals surface area contributed by atoms with Crippen molar-refractivity contribution < 1.29 is 9.32 Å². The summed E-state index contributed by atoms with van der Waals surface area (Å²) in [4.78, 5) is 25.6. The van der Waals surface area contributed by atoms with Crippen LogP contribution in [-0.2, 0) is 11.3 Å². The highest BCUT2D eigenvalue weighted by molar-refractivity contribution is 5.76. The number of allylic oxidation sites excluding steroid dienone is 2. The third-order valence-electron chi connectivity index (χ3n) is 6.20. The molecule has 2 aromatic heterocycles. The van der Waals surface area contributed by atoms with Crippen LogP contribution in [0.5, 0.6) is 0 Å². The molecule has 7 heteroatoms. The lowest BCUT2D eigenvalue weighted by Crippen LogP contribution is -2.48. The molecule has 32 heavy (non-hydrogen) atoms. The van der Waals surface area contributed by atoms with Gasteiger partial charge < -0.3 is 9.42 Å². The molecule has 1 amide bonds. The molecule has 1 saturated heterocycles. The van der Waals surface area contributed by atoms with Crippen molar-refractivity contribution in [2.24, 2.45) is 5.92 Å². The van der Waals surface area contributed by atoms with E-state index in [-0.39, 0.29) is 0 Å². The molecule has 3 aromatic rings. The molecular formula is C25H27N5O2. The molecule has 164 valence electrons. The van der Waals surface area contributed by atoms with E-state index in [1.165, 1.54) is 5.56 Å². The SMILES string of the molecule is O=C(CC1C=CCC1)N1CCN(Cc2cccc(-c3noc(-c4cccnc4)n3)c2)CC1. The summed E-state index contributed by atoms with van der Waals surface area (Å²) < 4.78 is 5.42. The molecule has 0 bridgehead atoms. The summed E-state index contributed by atoms with van der Waals surface area (Å²) in [6.07, 6.45) is 10.7. The number of amides is 1. The Balaban J connectivity index is 1.18. The molecule has 0 N–H and O–H groups in total. The highest BCUT2D eigenvalue weighted by atomic mass is 16.5. The van der Waals surface area contributed by atoms with E-state index in [0.717, 1.165) is 56.7 Å². The van der Waals surface area contributed by atoms with Crippen LogP contribution in [0.4, 0.5) is 0 Å². The van der Waals surface area contributed by atoms with Crippen LogP contribution in [0, 0.1) is 5.92 Å². The van der Waals surface area contributed by atoms with E-state index in [0.29, 0.717) is 30.0 Å². The molecule has 1 fully saturated rings. The Kier molecular flexibility index (Phi) is 6.07. The first-order chi connectivity index (χ1) is 15.7. The maximum absolute atomic E-state index is 12.6. The van der Waals surface area contributed by atoms with Crippen LogP contribution in [0.2, 0.25) is 0 Å². The van der Waals surface area contributed by atoms with Gasteiger partial charge in [-0.25, -0.2) is 0 Å². The summed E-state index contributed by atoms with van der Waals surface area (Å²) in [5.41, 5.74) is 2.93. The standard InChI is InChI=1S/C25H27N5O2/c31-23(16-19-5-1-2-6-19)30-13-11-29(12-14-30)18-20-7-3-8-21(15-20)24-27-25(32-28-24)22-9-4-10-26-17-22/h1,3-5,7-10,15,17,19H,2,6,11-14,16,18H2. The van der Waals surface area contributed by atoms with Gasteiger partial charge in [-0.05, 0) is 42.5 Å². The molecule has 3 heterocycles. The number of rotatable bonds is 6. The number of nitrogens with zero attached hydrogens (tertiary/aromatic N) is 5. The normalized spacial score (nSPS) is 18.9. The Labute approximate surface area is 187 Å². The van der Waals surface area contributed by atoms with Gasteiger partial charge in [0.25, 0.3) is 5.89 Å². The van der Waals surface area contributed by atoms with Crippen LogP contribution in [0.1, 0.15) is 24.8 Å². The first kappa shape index (κ1) is 20.6. The fraction of sp³-hybridized carbons (Fsp3) is 0.360. The van der Waals surface area contributed by atoms with Crippen molar-refractivity contribution in [2.75, 3.05) is 26.2 Å². The fourth-order valence-corrected chi connectivity index (χ4v) is 4.39. The highest BCUT2D eigenvalue weighted by Crippen LogP contribution is 2.24. The van der Waals surface area contributed by atoms with E-state index in [4.69, 9.17) is 4.52 Å². The molecule has 1 unspecified atom stereocenters. The number of hydrogen-bond acceptors (Lipinski definition) is 6. The Hall–Kier alpha value is -3.32. The average molecular weight is 430 g/mol. The number of carbonyl (C=O) groups excluding carboxylic acids is 1. The topological polar surface area (TPSA) is 75.4 Å². The molecule has 0 spiro atoms. The summed E-state index contributed by atoms with van der Waals surface area (Å²) in [6.45, 7) is 4.23. The molecule has 1 aromatic carbocycles. The molecule has 5 rings (SSSR count). The number of carbonyl (C=O) groups is 1. The first-order valence-corrected chi connectivity index (χ1v) is 11.2. The molecule has 2 aliphatic rings. The second kappa shape index (κ2) is 9.44. The van der Waals surface area contributed by atoms with E-state index in [1.807, 2.05) is 29.2 Å². The number of piperazine rings is 1. The zero-order valence-electron chi connectivity index (χ0n) is 18.1. The van der Waals surface area contributed by atoms with Crippen molar-refractivity contribution in [1.29, 1.82) is 0 Å². The summed E-state index contributed by atoms with van der Waals surface area (Å²) in [5, 5.41) is 4.15. The Morgan fingerprint density at radius 1 is 1.09 bits per heavy atom. The van der Waals surface area contributed by atoms with Crippen molar-refractivity contribution >= 4 is 5.91 Å². The summed E-state index contributed by atoms with van der Waals surface area (Å²) in [5.74, 6) is 1.77. The Morgan fingerprint density at radius 3 is 2.75 bits per heavy atom. The van der Waals surface area contributed by atoms with Crippen LogP contribution in [-0.4, -0.2) is 57.0 Å². The van der Waals surface area contributed by atoms with Crippen molar-refractivity contribution in [1.82, 2.24) is 24.9 Å². The predicted octanol–water partition coefficient (Wildman–Crippen LogP) is 3.80. The van der Waals surface area contributed by atoms with Gasteiger partial charge in [-0.3, -0.25) is 14.7 Å². The highest BCUT2D eigenvalue weighted by Gasteiger charge is 2.23. The Morgan fingerprint density at radius 2 is 1.97 bits per heavy atom. The van der Waals surface area contributed by atoms with Crippen molar-refractivity contribution in [3.63, 3.8) is 0 Å². The van der Waals surface area contributed by atoms with Gasteiger partial charge in [-0.2, -0.15) is 4.98 Å². The Bertz CT molecular complexity index is 1090. The van der Waals surface area contributed by atoms with E-state index in [1.54, 1.807) is 12.4 Å². The minimum Gasteiger partial charge on any atom is -0.340 e. The smallest absolute Gasteiger partial charge is 0.259 e. The number of benzene rings is 1. The second-order valence-electron chi connectivity index (χ2n) is 8.49. The third kappa shape index (κ3) is 4.78. The van der Waals surface area contributed by atoms with Gasteiger partial charge in [-0.15, -0.1) is 0 Å². The molecule has 1 atom stereocenters. The van der Waals surface area contributed by atoms with Gasteiger partial charge in [0.1, 0.15) is 0 Å². The van der Waals surface area contributed by atoms with Crippen LogP contribution in [0.25, 0.3) is 22.8 Å². The minimum atomic E-state index is 0.296. The molecule has 7 nitrogen and oxygen atoms in total. The van der Waals surface area contributed by atoms with Gasteiger partial charge in [-0.1, -0.05) is 35.5 Å². The number of aromatic nitrogens is 3. The zero-order valence-corrected chi connectivity index (χ0v) is 18.1. The quantitative estimate of drug-likeness (QED) is 0.555. The second-order valence-corrected chi connectivity index (χ2v) is 8.49. The molecule has 1 aliphatic carbocycles. The van der Waals surface area contributed by atoms with Gasteiger partial charge in [0.2, 0.25) is 11.7 Å². The average Bonchev–Trinajstić information content (AvgIpc) is 3.53. The molecule has 0 radical (unpaired) electrons. The minimum absolute atomic E-state index is 0.296. The summed E-state index contributed by atoms with van der Waals surface area (Å²) >= 11 is 0. The van der Waals surface area contributed by atoms with Crippen LogP contribution >= 0.6 is 0 Å². The van der Waals surface area contributed by atoms with Gasteiger partial charge in [0, 0.05) is 57.1 Å². The largest absolute Gasteiger partial charge is 0.340 e. The van der Waals surface area contributed by atoms with E-state index in [2.05, 4.69) is 44.3 Å². The fourth-order valence-electron chi connectivity index (χ4n) is 4.39. The summed E-state index contributed by atoms with van der Waals surface area (Å²) in [6, 6.07) is 12.0. The van der Waals surface area contributed by atoms with Crippen LogP contribution < -0.4 is 0 Å². The van der Waals surface area contributed by atoms with Gasteiger partial charge in [0.05, 0.1) is 5.56 Å². The maximum atomic E-state index is 12.6. The van der Waals surface area contributed by atoms with E-state index < -0.39 is 0 Å². The monoisotopic (exact) mass is 429 g/mol. The molecule has 0 saturated carbocycles. The third-order valence-corrected chi connectivity index (χ3v) is 6.20. The van der Waals surface area contributed by atoms with E-state index >= 15 is 0 Å². The lowest BCUT2D eigenvalue weighted by molar-refractivity contribution is -0.133. The van der Waals surface area contributed by atoms with Gasteiger partial charge >= 0.3 is 0 Å². The zero-order chi connectivity index (χ0) is 21.8. The lowest BCUT2D eigenvalue weighted by atomic mass is 10.0. The van der Waals surface area contributed by atoms with Gasteiger partial charge in [0.15, 0.2) is 0 Å². The lowest BCUT2D eigenvalue weighted by Gasteiger charge is -2.35. The van der Waals surface area contributed by atoms with Crippen molar-refractivity contribution in [2.45, 2.75) is 25.8 Å². The van der Waals surface area contributed by atoms with Crippen molar-refractivity contribution in [3.05, 3.63) is 66.5 Å². The first-order valence-electron chi connectivity index (χ1n) is 11.2. The number of hydrogen-bond donors (Lipinski definition) is 0. The number of pyridine rings is 1. The van der Waals surface area contributed by atoms with E-state index in [9.17, 15) is 4.79 Å². The van der Waals surface area contributed by atoms with Crippen LogP contribution in [0.15, 0.2) is 65.5 Å². The predicted molar refractivity (Wildman–Crippen MR) is 121 cm³/mol. The van der Waals surface area contributed by atoms with Crippen molar-refractivity contribution in [3.8, 4) is 22.8 Å².